The molecule has 3 aliphatic heterocycles. The van der Waals surface area contributed by atoms with E-state index in [1.807, 2.05) is 35.2 Å². The summed E-state index contributed by atoms with van der Waals surface area (Å²) in [5.74, 6) is -1.43. The number of nitrogens with one attached hydrogen (secondary N) is 2. The lowest BCUT2D eigenvalue weighted by Gasteiger charge is -2.48. The molecule has 0 saturated carbocycles. The third-order valence-corrected chi connectivity index (χ3v) is 8.27. The average molecular weight is 552 g/mol. The third-order valence-electron chi connectivity index (χ3n) is 7.29. The van der Waals surface area contributed by atoms with Crippen LogP contribution in [0.2, 0.25) is 0 Å². The number of aromatic nitrogens is 2. The Labute approximate surface area is 228 Å². The van der Waals surface area contributed by atoms with Gasteiger partial charge in [-0.15, -0.1) is 10.2 Å². The van der Waals surface area contributed by atoms with Gasteiger partial charge in [0.2, 0.25) is 0 Å². The van der Waals surface area contributed by atoms with Crippen LogP contribution in [0.3, 0.4) is 0 Å². The first-order valence-electron chi connectivity index (χ1n) is 12.8. The number of halogens is 2. The molecule has 3 N–H and O–H groups in total. The first kappa shape index (κ1) is 25.6. The molecule has 39 heavy (non-hydrogen) atoms. The molecule has 1 aromatic heterocycles. The van der Waals surface area contributed by atoms with E-state index < -0.39 is 23.3 Å². The molecule has 6 rings (SSSR count). The molecule has 2 fully saturated rings. The lowest BCUT2D eigenvalue weighted by Crippen LogP contribution is -2.65. The molecule has 2 saturated heterocycles. The van der Waals surface area contributed by atoms with Crippen molar-refractivity contribution in [3.63, 3.8) is 0 Å². The van der Waals surface area contributed by atoms with Crippen LogP contribution >= 0.6 is 11.3 Å². The molecule has 3 aliphatic rings. The van der Waals surface area contributed by atoms with Crippen molar-refractivity contribution >= 4 is 22.8 Å². The van der Waals surface area contributed by atoms with Crippen LogP contribution in [0, 0.1) is 11.6 Å². The SMILES string of the molecule is O=C1NC2(CCNCC2)CN2C=C(c3nnc(Cc4ccc(F)cc4F)s3)C(O)C(OCc3ccccc3)=C12. The molecule has 0 bridgehead atoms. The van der Waals surface area contributed by atoms with Crippen LogP contribution in [0.25, 0.3) is 5.57 Å². The third kappa shape index (κ3) is 5.17. The number of piperidine rings is 1. The maximum atomic E-state index is 14.2. The molecule has 8 nitrogen and oxygen atoms in total. The van der Waals surface area contributed by atoms with Crippen molar-refractivity contribution in [3.8, 4) is 0 Å². The minimum atomic E-state index is -1.25. The second-order valence-electron chi connectivity index (χ2n) is 10.00. The number of rotatable bonds is 6. The molecule has 1 unspecified atom stereocenters. The summed E-state index contributed by atoms with van der Waals surface area (Å²) in [6.07, 6.45) is 2.19. The van der Waals surface area contributed by atoms with Crippen molar-refractivity contribution in [1.82, 2.24) is 25.7 Å². The van der Waals surface area contributed by atoms with Gasteiger partial charge in [0, 0.05) is 30.8 Å². The van der Waals surface area contributed by atoms with Crippen molar-refractivity contribution in [2.75, 3.05) is 19.6 Å². The van der Waals surface area contributed by atoms with Crippen LogP contribution in [-0.2, 0) is 22.6 Å². The number of hydrogen-bond acceptors (Lipinski definition) is 8. The van der Waals surface area contributed by atoms with E-state index in [0.29, 0.717) is 27.7 Å². The van der Waals surface area contributed by atoms with Gasteiger partial charge in [0.1, 0.15) is 40.1 Å². The normalized spacial score (nSPS) is 20.5. The molecule has 11 heteroatoms. The minimum Gasteiger partial charge on any atom is -0.488 e. The van der Waals surface area contributed by atoms with E-state index in [0.717, 1.165) is 37.6 Å². The second kappa shape index (κ2) is 10.5. The smallest absolute Gasteiger partial charge is 0.272 e. The summed E-state index contributed by atoms with van der Waals surface area (Å²) in [6.45, 7) is 2.29. The fraction of sp³-hybridized carbons (Fsp3) is 0.321. The topological polar surface area (TPSA) is 99.6 Å². The van der Waals surface area contributed by atoms with Crippen LogP contribution in [0.5, 0.6) is 0 Å². The van der Waals surface area contributed by atoms with Gasteiger partial charge in [0.15, 0.2) is 5.76 Å². The molecule has 1 spiro atoms. The zero-order valence-corrected chi connectivity index (χ0v) is 21.8. The summed E-state index contributed by atoms with van der Waals surface area (Å²) < 4.78 is 33.7. The highest BCUT2D eigenvalue weighted by atomic mass is 32.1. The van der Waals surface area contributed by atoms with Crippen LogP contribution in [-0.4, -0.2) is 57.4 Å². The predicted molar refractivity (Wildman–Crippen MR) is 141 cm³/mol. The van der Waals surface area contributed by atoms with Gasteiger partial charge in [-0.1, -0.05) is 47.7 Å². The Kier molecular flexibility index (Phi) is 6.88. The van der Waals surface area contributed by atoms with E-state index in [1.54, 1.807) is 6.20 Å². The molecular formula is C28H27F2N5O3S. The number of carbonyl (C=O) groups is 1. The lowest BCUT2D eigenvalue weighted by molar-refractivity contribution is -0.124. The highest BCUT2D eigenvalue weighted by Gasteiger charge is 2.46. The molecular weight excluding hydrogens is 524 g/mol. The highest BCUT2D eigenvalue weighted by Crippen LogP contribution is 2.38. The zero-order chi connectivity index (χ0) is 27.0. The van der Waals surface area contributed by atoms with Crippen molar-refractivity contribution in [2.24, 2.45) is 0 Å². The number of aliphatic hydroxyl groups is 1. The van der Waals surface area contributed by atoms with Gasteiger partial charge in [-0.2, -0.15) is 0 Å². The van der Waals surface area contributed by atoms with E-state index in [-0.39, 0.29) is 30.4 Å². The maximum absolute atomic E-state index is 14.2. The zero-order valence-electron chi connectivity index (χ0n) is 21.0. The van der Waals surface area contributed by atoms with E-state index >= 15 is 0 Å². The number of amides is 1. The quantitative estimate of drug-likeness (QED) is 0.433. The Hall–Kier alpha value is -3.67. The summed E-state index contributed by atoms with van der Waals surface area (Å²) >= 11 is 1.21. The number of nitrogens with zero attached hydrogens (tertiary/aromatic N) is 3. The Morgan fingerprint density at radius 1 is 1.13 bits per heavy atom. The van der Waals surface area contributed by atoms with E-state index in [1.165, 1.54) is 23.5 Å². The lowest BCUT2D eigenvalue weighted by atomic mass is 9.84. The Bertz CT molecular complexity index is 1450. The second-order valence-corrected chi connectivity index (χ2v) is 11.1. The molecule has 202 valence electrons. The summed E-state index contributed by atoms with van der Waals surface area (Å²) in [5, 5.41) is 27.4. The summed E-state index contributed by atoms with van der Waals surface area (Å²) in [4.78, 5) is 15.3. The largest absolute Gasteiger partial charge is 0.488 e. The highest BCUT2D eigenvalue weighted by molar-refractivity contribution is 7.12. The number of carbonyl (C=O) groups excluding carboxylic acids is 1. The molecule has 0 aliphatic carbocycles. The van der Waals surface area contributed by atoms with Crippen LogP contribution in [0.4, 0.5) is 8.78 Å². The van der Waals surface area contributed by atoms with E-state index in [4.69, 9.17) is 4.74 Å². The average Bonchev–Trinajstić information content (AvgIpc) is 3.39. The van der Waals surface area contributed by atoms with Crippen molar-refractivity contribution in [2.45, 2.75) is 37.5 Å². The minimum absolute atomic E-state index is 0.133. The van der Waals surface area contributed by atoms with Crippen LogP contribution in [0.1, 0.15) is 34.0 Å². The first-order chi connectivity index (χ1) is 18.9. The number of hydrogen-bond donors (Lipinski definition) is 3. The molecule has 1 atom stereocenters. The number of fused-ring (bicyclic) bond motifs is 1. The first-order valence-corrected chi connectivity index (χ1v) is 13.6. The standard InChI is InChI=1S/C28H27F2N5O3S/c29-19-7-6-18(21(30)13-19)12-22-33-34-27(39-22)20-14-35-16-28(8-10-31-11-9-28)32-26(37)23(35)25(24(20)36)38-15-17-4-2-1-3-5-17/h1-7,13-14,24,31,36H,8-12,15-16H2,(H,32,37). The molecule has 4 heterocycles. The van der Waals surface area contributed by atoms with Crippen LogP contribution in [0.15, 0.2) is 66.2 Å². The summed E-state index contributed by atoms with van der Waals surface area (Å²) in [6, 6.07) is 12.9. The van der Waals surface area contributed by atoms with E-state index in [2.05, 4.69) is 20.8 Å². The van der Waals surface area contributed by atoms with Crippen molar-refractivity contribution in [1.29, 1.82) is 0 Å². The van der Waals surface area contributed by atoms with Gasteiger partial charge in [-0.3, -0.25) is 4.79 Å². The summed E-state index contributed by atoms with van der Waals surface area (Å²) in [5.41, 5.74) is 1.53. The fourth-order valence-electron chi connectivity index (χ4n) is 5.26. The van der Waals surface area contributed by atoms with Crippen molar-refractivity contribution < 1.29 is 23.4 Å². The molecule has 2 aromatic carbocycles. The van der Waals surface area contributed by atoms with Gasteiger partial charge >= 0.3 is 0 Å². The van der Waals surface area contributed by atoms with Gasteiger partial charge < -0.3 is 25.4 Å². The van der Waals surface area contributed by atoms with Gasteiger partial charge in [-0.05, 0) is 43.1 Å². The van der Waals surface area contributed by atoms with Gasteiger partial charge in [0.05, 0.1) is 5.54 Å². The number of aliphatic hydroxyl groups excluding tert-OH is 1. The van der Waals surface area contributed by atoms with Crippen molar-refractivity contribution in [3.05, 3.63) is 99.0 Å². The Balaban J connectivity index is 1.32. The molecule has 0 radical (unpaired) electrons. The summed E-state index contributed by atoms with van der Waals surface area (Å²) in [7, 11) is 0. The number of piperazine rings is 1. The Morgan fingerprint density at radius 2 is 1.92 bits per heavy atom. The monoisotopic (exact) mass is 551 g/mol. The fourth-order valence-corrected chi connectivity index (χ4v) is 6.16. The predicted octanol–water partition coefficient (Wildman–Crippen LogP) is 3.10. The van der Waals surface area contributed by atoms with Crippen LogP contribution < -0.4 is 10.6 Å². The number of ether oxygens (including phenoxy) is 1. The molecule has 3 aromatic rings. The van der Waals surface area contributed by atoms with E-state index in [9.17, 15) is 18.7 Å². The number of benzene rings is 2. The maximum Gasteiger partial charge on any atom is 0.272 e. The molecule has 1 amide bonds. The van der Waals surface area contributed by atoms with Gasteiger partial charge in [-0.25, -0.2) is 8.78 Å². The Morgan fingerprint density at radius 3 is 2.69 bits per heavy atom. The van der Waals surface area contributed by atoms with Gasteiger partial charge in [0.25, 0.3) is 5.91 Å².